The van der Waals surface area contributed by atoms with Gasteiger partial charge in [-0.2, -0.15) is 0 Å². The Kier molecular flexibility index (Phi) is 3.64. The van der Waals surface area contributed by atoms with Crippen LogP contribution in [0.15, 0.2) is 22.7 Å². The summed E-state index contributed by atoms with van der Waals surface area (Å²) >= 11 is 3.38. The van der Waals surface area contributed by atoms with E-state index >= 15 is 0 Å². The lowest BCUT2D eigenvalue weighted by Gasteiger charge is -2.20. The summed E-state index contributed by atoms with van der Waals surface area (Å²) in [6.45, 7) is 2.35. The molecule has 102 valence electrons. The highest BCUT2D eigenvalue weighted by Gasteiger charge is 2.43. The number of aryl methyl sites for hydroxylation is 1. The monoisotopic (exact) mass is 326 g/mol. The Balaban J connectivity index is 2.18. The molecule has 0 aliphatic carbocycles. The molecule has 1 aliphatic rings. The molecule has 0 aromatic heterocycles. The second-order valence-corrected chi connectivity index (χ2v) is 5.76. The van der Waals surface area contributed by atoms with Crippen LogP contribution in [0.1, 0.15) is 22.3 Å². The molecule has 0 radical (unpaired) electrons. The molecule has 2 rings (SSSR count). The predicted octanol–water partition coefficient (Wildman–Crippen LogP) is 1.39. The van der Waals surface area contributed by atoms with Crippen molar-refractivity contribution in [2.75, 3.05) is 13.1 Å². The zero-order chi connectivity index (χ0) is 14.2. The van der Waals surface area contributed by atoms with Crippen LogP contribution in [0.25, 0.3) is 0 Å². The van der Waals surface area contributed by atoms with Crippen LogP contribution in [-0.2, 0) is 4.79 Å². The van der Waals surface area contributed by atoms with Crippen LogP contribution in [0.4, 0.5) is 0 Å². The number of likely N-dealkylation sites (tertiary alicyclic amines) is 1. The third-order valence-corrected chi connectivity index (χ3v) is 4.29. The summed E-state index contributed by atoms with van der Waals surface area (Å²) in [5.41, 5.74) is 6.01. The van der Waals surface area contributed by atoms with Crippen LogP contribution < -0.4 is 5.73 Å². The van der Waals surface area contributed by atoms with E-state index in [9.17, 15) is 9.59 Å². The van der Waals surface area contributed by atoms with E-state index in [1.807, 2.05) is 13.0 Å². The summed E-state index contributed by atoms with van der Waals surface area (Å²) in [5.74, 6) is -1.25. The fourth-order valence-corrected chi connectivity index (χ4v) is 2.47. The first kappa shape index (κ1) is 14.0. The molecule has 1 fully saturated rings. The van der Waals surface area contributed by atoms with Crippen LogP contribution in [0.2, 0.25) is 0 Å². The van der Waals surface area contributed by atoms with Crippen LogP contribution in [-0.4, -0.2) is 40.5 Å². The van der Waals surface area contributed by atoms with Gasteiger partial charge in [-0.3, -0.25) is 9.59 Å². The second kappa shape index (κ2) is 4.94. The van der Waals surface area contributed by atoms with E-state index in [1.54, 1.807) is 12.1 Å². The number of amides is 1. The van der Waals surface area contributed by atoms with Crippen molar-refractivity contribution in [2.24, 2.45) is 5.73 Å². The average Bonchev–Trinajstić information content (AvgIpc) is 2.76. The number of rotatable bonds is 2. The van der Waals surface area contributed by atoms with E-state index in [4.69, 9.17) is 10.8 Å². The number of carboxylic acid groups (broad SMARTS) is 1. The standard InChI is InChI=1S/C13H15BrN2O3/c1-8-2-3-9(6-10(8)14)11(17)16-5-4-13(15,7-16)12(18)19/h2-3,6H,4-5,7,15H2,1H3,(H,18,19). The van der Waals surface area contributed by atoms with E-state index < -0.39 is 11.5 Å². The number of carboxylic acids is 1. The highest BCUT2D eigenvalue weighted by atomic mass is 79.9. The molecule has 3 N–H and O–H groups in total. The van der Waals surface area contributed by atoms with E-state index in [1.165, 1.54) is 4.90 Å². The summed E-state index contributed by atoms with van der Waals surface area (Å²) in [6.07, 6.45) is 0.279. The molecular weight excluding hydrogens is 312 g/mol. The molecule has 1 aromatic rings. The van der Waals surface area contributed by atoms with Crippen molar-refractivity contribution in [2.45, 2.75) is 18.9 Å². The fourth-order valence-electron chi connectivity index (χ4n) is 2.09. The minimum Gasteiger partial charge on any atom is -0.480 e. The van der Waals surface area contributed by atoms with E-state index in [2.05, 4.69) is 15.9 Å². The normalized spacial score (nSPS) is 22.6. The molecule has 1 aliphatic heterocycles. The van der Waals surface area contributed by atoms with Gasteiger partial charge in [-0.15, -0.1) is 0 Å². The highest BCUT2D eigenvalue weighted by molar-refractivity contribution is 9.10. The molecule has 0 bridgehead atoms. The summed E-state index contributed by atoms with van der Waals surface area (Å²) in [5, 5.41) is 9.05. The van der Waals surface area contributed by atoms with Gasteiger partial charge in [0.2, 0.25) is 0 Å². The number of carbonyl (C=O) groups excluding carboxylic acids is 1. The van der Waals surface area contributed by atoms with Crippen LogP contribution in [0.5, 0.6) is 0 Å². The molecule has 1 aromatic carbocycles. The Morgan fingerprint density at radius 3 is 2.68 bits per heavy atom. The van der Waals surface area contributed by atoms with Gasteiger partial charge in [-0.1, -0.05) is 22.0 Å². The maximum atomic E-state index is 12.3. The van der Waals surface area contributed by atoms with Gasteiger partial charge in [0.25, 0.3) is 5.91 Å². The lowest BCUT2D eigenvalue weighted by molar-refractivity contribution is -0.142. The molecule has 1 amide bonds. The Bertz CT molecular complexity index is 547. The first-order valence-electron chi connectivity index (χ1n) is 5.91. The molecule has 0 spiro atoms. The van der Waals surface area contributed by atoms with Gasteiger partial charge in [0.05, 0.1) is 0 Å². The largest absolute Gasteiger partial charge is 0.480 e. The Morgan fingerprint density at radius 1 is 1.47 bits per heavy atom. The topological polar surface area (TPSA) is 83.6 Å². The molecular formula is C13H15BrN2O3. The van der Waals surface area contributed by atoms with Crippen LogP contribution in [0.3, 0.4) is 0 Å². The van der Waals surface area contributed by atoms with E-state index in [-0.39, 0.29) is 18.9 Å². The molecule has 1 saturated heterocycles. The molecule has 19 heavy (non-hydrogen) atoms. The molecule has 1 heterocycles. The predicted molar refractivity (Wildman–Crippen MR) is 74.0 cm³/mol. The van der Waals surface area contributed by atoms with E-state index in [0.29, 0.717) is 12.1 Å². The van der Waals surface area contributed by atoms with Crippen molar-refractivity contribution in [1.29, 1.82) is 0 Å². The lowest BCUT2D eigenvalue weighted by Crippen LogP contribution is -2.50. The maximum Gasteiger partial charge on any atom is 0.325 e. The third-order valence-electron chi connectivity index (χ3n) is 3.43. The summed E-state index contributed by atoms with van der Waals surface area (Å²) in [7, 11) is 0. The van der Waals surface area contributed by atoms with Crippen molar-refractivity contribution in [3.63, 3.8) is 0 Å². The van der Waals surface area contributed by atoms with Gasteiger partial charge in [-0.25, -0.2) is 0 Å². The number of benzene rings is 1. The van der Waals surface area contributed by atoms with Gasteiger partial charge < -0.3 is 15.7 Å². The van der Waals surface area contributed by atoms with Crippen molar-refractivity contribution in [3.05, 3.63) is 33.8 Å². The van der Waals surface area contributed by atoms with Crippen molar-refractivity contribution < 1.29 is 14.7 Å². The van der Waals surface area contributed by atoms with Gasteiger partial charge in [0, 0.05) is 23.1 Å². The highest BCUT2D eigenvalue weighted by Crippen LogP contribution is 2.23. The average molecular weight is 327 g/mol. The number of carbonyl (C=O) groups is 2. The maximum absolute atomic E-state index is 12.3. The Hall–Kier alpha value is -1.40. The molecule has 1 unspecified atom stereocenters. The number of nitrogens with zero attached hydrogens (tertiary/aromatic N) is 1. The summed E-state index contributed by atoms with van der Waals surface area (Å²) in [6, 6.07) is 5.33. The van der Waals surface area contributed by atoms with Gasteiger partial charge in [0.1, 0.15) is 5.54 Å². The summed E-state index contributed by atoms with van der Waals surface area (Å²) in [4.78, 5) is 24.8. The first-order valence-corrected chi connectivity index (χ1v) is 6.70. The third kappa shape index (κ3) is 2.64. The van der Waals surface area contributed by atoms with E-state index in [0.717, 1.165) is 10.0 Å². The number of hydrogen-bond donors (Lipinski definition) is 2. The van der Waals surface area contributed by atoms with Crippen molar-refractivity contribution in [1.82, 2.24) is 4.90 Å². The van der Waals surface area contributed by atoms with Crippen LogP contribution in [0, 0.1) is 6.92 Å². The number of aliphatic carboxylic acids is 1. The van der Waals surface area contributed by atoms with Gasteiger partial charge in [-0.05, 0) is 31.0 Å². The van der Waals surface area contributed by atoms with Crippen LogP contribution >= 0.6 is 15.9 Å². The van der Waals surface area contributed by atoms with Crippen molar-refractivity contribution >= 4 is 27.8 Å². The zero-order valence-corrected chi connectivity index (χ0v) is 12.1. The number of nitrogens with two attached hydrogens (primary N) is 1. The number of hydrogen-bond acceptors (Lipinski definition) is 3. The smallest absolute Gasteiger partial charge is 0.325 e. The SMILES string of the molecule is Cc1ccc(C(=O)N2CCC(N)(C(=O)O)C2)cc1Br. The summed E-state index contributed by atoms with van der Waals surface area (Å²) < 4.78 is 0.856. The minimum absolute atomic E-state index is 0.0483. The Morgan fingerprint density at radius 2 is 2.16 bits per heavy atom. The Labute approximate surface area is 119 Å². The lowest BCUT2D eigenvalue weighted by atomic mass is 10.0. The van der Waals surface area contributed by atoms with Gasteiger partial charge >= 0.3 is 5.97 Å². The first-order chi connectivity index (χ1) is 8.83. The fraction of sp³-hybridized carbons (Fsp3) is 0.385. The minimum atomic E-state index is -1.32. The second-order valence-electron chi connectivity index (χ2n) is 4.90. The molecule has 5 nitrogen and oxygen atoms in total. The molecule has 0 saturated carbocycles. The van der Waals surface area contributed by atoms with Crippen molar-refractivity contribution in [3.8, 4) is 0 Å². The molecule has 6 heteroatoms. The number of halogens is 1. The zero-order valence-electron chi connectivity index (χ0n) is 10.5. The molecule has 1 atom stereocenters. The quantitative estimate of drug-likeness (QED) is 0.860. The van der Waals surface area contributed by atoms with Gasteiger partial charge in [0.15, 0.2) is 0 Å².